The molecule has 0 radical (unpaired) electrons. The minimum Gasteiger partial charge on any atom is -0.338 e. The number of benzene rings is 2. The third kappa shape index (κ3) is 3.89. The summed E-state index contributed by atoms with van der Waals surface area (Å²) in [6.45, 7) is 4.79. The van der Waals surface area contributed by atoms with Crippen molar-refractivity contribution >= 4 is 5.91 Å². The second-order valence-corrected chi connectivity index (χ2v) is 7.97. The van der Waals surface area contributed by atoms with Gasteiger partial charge in [0.25, 0.3) is 5.91 Å². The fraction of sp³-hybridized carbons (Fsp3) is 0.391. The van der Waals surface area contributed by atoms with Crippen LogP contribution in [0.25, 0.3) is 0 Å². The predicted octanol–water partition coefficient (Wildman–Crippen LogP) is 3.69. The zero-order valence-electron chi connectivity index (χ0n) is 15.6. The van der Waals surface area contributed by atoms with E-state index in [4.69, 9.17) is 5.26 Å². The van der Waals surface area contributed by atoms with Crippen LogP contribution in [0.2, 0.25) is 0 Å². The van der Waals surface area contributed by atoms with E-state index in [0.29, 0.717) is 11.1 Å². The van der Waals surface area contributed by atoms with Crippen LogP contribution in [0.15, 0.2) is 54.6 Å². The maximum absolute atomic E-state index is 13.0. The summed E-state index contributed by atoms with van der Waals surface area (Å²) in [5, 5.41) is 9.09. The lowest BCUT2D eigenvalue weighted by Crippen LogP contribution is -2.47. The van der Waals surface area contributed by atoms with Crippen LogP contribution >= 0.6 is 0 Å². The van der Waals surface area contributed by atoms with Crippen molar-refractivity contribution in [3.63, 3.8) is 0 Å². The lowest BCUT2D eigenvalue weighted by molar-refractivity contribution is 0.0527. The molecule has 27 heavy (non-hydrogen) atoms. The molecule has 2 fully saturated rings. The van der Waals surface area contributed by atoms with E-state index in [2.05, 4.69) is 41.3 Å². The number of nitriles is 1. The average molecular weight is 359 g/mol. The second-order valence-electron chi connectivity index (χ2n) is 7.97. The highest BCUT2D eigenvalue weighted by Crippen LogP contribution is 2.39. The van der Waals surface area contributed by atoms with E-state index in [-0.39, 0.29) is 11.3 Å². The molecule has 0 bridgehead atoms. The summed E-state index contributed by atoms with van der Waals surface area (Å²) in [4.78, 5) is 17.5. The van der Waals surface area contributed by atoms with Crippen LogP contribution in [0.5, 0.6) is 0 Å². The first kappa shape index (κ1) is 17.8. The molecule has 4 nitrogen and oxygen atoms in total. The third-order valence-corrected chi connectivity index (χ3v) is 5.95. The number of piperidine rings is 1. The Bertz CT molecular complexity index is 857. The van der Waals surface area contributed by atoms with E-state index in [1.807, 2.05) is 11.0 Å². The molecule has 1 unspecified atom stereocenters. The van der Waals surface area contributed by atoms with Gasteiger partial charge >= 0.3 is 0 Å². The molecule has 1 spiro atoms. The summed E-state index contributed by atoms with van der Waals surface area (Å²) in [7, 11) is 0. The van der Waals surface area contributed by atoms with Crippen molar-refractivity contribution in [2.24, 2.45) is 5.41 Å². The highest BCUT2D eigenvalue weighted by Gasteiger charge is 2.42. The zero-order valence-corrected chi connectivity index (χ0v) is 15.6. The monoisotopic (exact) mass is 359 g/mol. The van der Waals surface area contributed by atoms with E-state index in [1.54, 1.807) is 18.2 Å². The lowest BCUT2D eigenvalue weighted by atomic mass is 9.79. The number of nitrogens with zero attached hydrogens (tertiary/aromatic N) is 3. The Balaban J connectivity index is 1.43. The minimum atomic E-state index is 0.0627. The first-order valence-electron chi connectivity index (χ1n) is 9.73. The molecule has 1 amide bonds. The van der Waals surface area contributed by atoms with Crippen LogP contribution < -0.4 is 0 Å². The van der Waals surface area contributed by atoms with Crippen molar-refractivity contribution in [1.29, 1.82) is 5.26 Å². The summed E-state index contributed by atoms with van der Waals surface area (Å²) < 4.78 is 0. The fourth-order valence-electron chi connectivity index (χ4n) is 4.62. The molecule has 2 aliphatic heterocycles. The molecule has 1 atom stereocenters. The number of hydrogen-bond donors (Lipinski definition) is 0. The highest BCUT2D eigenvalue weighted by molar-refractivity contribution is 5.94. The van der Waals surface area contributed by atoms with Gasteiger partial charge in [-0.2, -0.15) is 5.26 Å². The number of rotatable bonds is 3. The Kier molecular flexibility index (Phi) is 4.96. The lowest BCUT2D eigenvalue weighted by Gasteiger charge is -2.40. The number of carbonyl (C=O) groups is 1. The standard InChI is InChI=1S/C23H25N3O/c24-15-20-8-4-9-21(14-20)22(27)26-12-5-10-23(18-26)11-13-25(17-23)16-19-6-2-1-3-7-19/h1-4,6-9,14H,5,10-13,16-18H2. The van der Waals surface area contributed by atoms with Crippen molar-refractivity contribution < 1.29 is 4.79 Å². The van der Waals surface area contributed by atoms with Gasteiger partial charge in [-0.1, -0.05) is 36.4 Å². The van der Waals surface area contributed by atoms with Crippen LogP contribution in [-0.4, -0.2) is 41.9 Å². The van der Waals surface area contributed by atoms with E-state index in [1.165, 1.54) is 12.0 Å². The van der Waals surface area contributed by atoms with Gasteiger partial charge in [-0.3, -0.25) is 9.69 Å². The molecular formula is C23H25N3O. The average Bonchev–Trinajstić information content (AvgIpc) is 3.09. The van der Waals surface area contributed by atoms with Gasteiger partial charge in [-0.15, -0.1) is 0 Å². The van der Waals surface area contributed by atoms with Crippen LogP contribution in [-0.2, 0) is 6.54 Å². The molecule has 4 heteroatoms. The number of amides is 1. The normalized spacial score (nSPS) is 22.7. The van der Waals surface area contributed by atoms with Gasteiger partial charge in [0.2, 0.25) is 0 Å². The van der Waals surface area contributed by atoms with Crippen LogP contribution in [0.1, 0.15) is 40.7 Å². The number of carbonyl (C=O) groups excluding carboxylic acids is 1. The second kappa shape index (κ2) is 7.54. The van der Waals surface area contributed by atoms with Crippen LogP contribution in [0.4, 0.5) is 0 Å². The molecule has 2 saturated heterocycles. The van der Waals surface area contributed by atoms with Crippen molar-refractivity contribution in [2.75, 3.05) is 26.2 Å². The van der Waals surface area contributed by atoms with E-state index in [0.717, 1.165) is 45.6 Å². The third-order valence-electron chi connectivity index (χ3n) is 5.95. The van der Waals surface area contributed by atoms with Crippen LogP contribution in [0, 0.1) is 16.7 Å². The van der Waals surface area contributed by atoms with Crippen molar-refractivity contribution in [2.45, 2.75) is 25.8 Å². The van der Waals surface area contributed by atoms with E-state index in [9.17, 15) is 4.79 Å². The van der Waals surface area contributed by atoms with E-state index >= 15 is 0 Å². The van der Waals surface area contributed by atoms with Gasteiger partial charge in [-0.25, -0.2) is 0 Å². The summed E-state index contributed by atoms with van der Waals surface area (Å²) in [6.07, 6.45) is 3.41. The molecule has 2 aromatic rings. The van der Waals surface area contributed by atoms with Gasteiger partial charge < -0.3 is 4.90 Å². The van der Waals surface area contributed by atoms with Gasteiger partial charge in [0.1, 0.15) is 0 Å². The Morgan fingerprint density at radius 1 is 1.04 bits per heavy atom. The van der Waals surface area contributed by atoms with Gasteiger partial charge in [0.15, 0.2) is 0 Å². The first-order valence-corrected chi connectivity index (χ1v) is 9.73. The largest absolute Gasteiger partial charge is 0.338 e. The fourth-order valence-corrected chi connectivity index (χ4v) is 4.62. The number of likely N-dealkylation sites (tertiary alicyclic amines) is 2. The Labute approximate surface area is 161 Å². The van der Waals surface area contributed by atoms with Gasteiger partial charge in [0.05, 0.1) is 11.6 Å². The van der Waals surface area contributed by atoms with Crippen molar-refractivity contribution in [3.8, 4) is 6.07 Å². The molecule has 2 aromatic carbocycles. The smallest absolute Gasteiger partial charge is 0.253 e. The van der Waals surface area contributed by atoms with Gasteiger partial charge in [-0.05, 0) is 49.6 Å². The summed E-state index contributed by atoms with van der Waals surface area (Å²) in [5.74, 6) is 0.0627. The maximum Gasteiger partial charge on any atom is 0.253 e. The quantitative estimate of drug-likeness (QED) is 0.840. The molecule has 0 saturated carbocycles. The molecular weight excluding hydrogens is 334 g/mol. The van der Waals surface area contributed by atoms with E-state index < -0.39 is 0 Å². The molecule has 2 aliphatic rings. The van der Waals surface area contributed by atoms with Gasteiger partial charge in [0, 0.05) is 37.2 Å². The first-order chi connectivity index (χ1) is 13.2. The zero-order chi connectivity index (χ0) is 18.7. The predicted molar refractivity (Wildman–Crippen MR) is 105 cm³/mol. The minimum absolute atomic E-state index is 0.0627. The Morgan fingerprint density at radius 2 is 1.89 bits per heavy atom. The molecule has 138 valence electrons. The Morgan fingerprint density at radius 3 is 2.70 bits per heavy atom. The molecule has 0 aromatic heterocycles. The Hall–Kier alpha value is -2.64. The highest BCUT2D eigenvalue weighted by atomic mass is 16.2. The SMILES string of the molecule is N#Cc1cccc(C(=O)N2CCCC3(CCN(Cc4ccccc4)C3)C2)c1. The molecule has 0 N–H and O–H groups in total. The summed E-state index contributed by atoms with van der Waals surface area (Å²) in [6, 6.07) is 19.8. The summed E-state index contributed by atoms with van der Waals surface area (Å²) in [5.41, 5.74) is 2.74. The molecule has 0 aliphatic carbocycles. The van der Waals surface area contributed by atoms with Crippen LogP contribution in [0.3, 0.4) is 0 Å². The molecule has 2 heterocycles. The van der Waals surface area contributed by atoms with Crippen molar-refractivity contribution in [1.82, 2.24) is 9.80 Å². The van der Waals surface area contributed by atoms with Crippen molar-refractivity contribution in [3.05, 3.63) is 71.3 Å². The summed E-state index contributed by atoms with van der Waals surface area (Å²) >= 11 is 0. The topological polar surface area (TPSA) is 47.3 Å². The molecule has 4 rings (SSSR count). The number of hydrogen-bond acceptors (Lipinski definition) is 3. The maximum atomic E-state index is 13.0.